The Morgan fingerprint density at radius 3 is 2.47 bits per heavy atom. The van der Waals surface area contributed by atoms with Gasteiger partial charge in [0.2, 0.25) is 0 Å². The number of halogens is 1. The highest BCUT2D eigenvalue weighted by Crippen LogP contribution is 2.27. The lowest BCUT2D eigenvalue weighted by atomic mass is 10.2. The molecule has 0 amide bonds. The van der Waals surface area contributed by atoms with Crippen molar-refractivity contribution in [2.45, 2.75) is 6.10 Å². The van der Waals surface area contributed by atoms with Crippen molar-refractivity contribution in [2.75, 3.05) is 18.5 Å². The molecule has 0 spiro atoms. The van der Waals surface area contributed by atoms with E-state index in [2.05, 4.69) is 21.2 Å². The number of rotatable bonds is 4. The number of aliphatic hydroxyl groups is 2. The molecule has 1 aromatic heterocycles. The average Bonchev–Trinajstić information content (AvgIpc) is 2.61. The van der Waals surface area contributed by atoms with Crippen LogP contribution >= 0.6 is 15.9 Å². The van der Waals surface area contributed by atoms with Gasteiger partial charge < -0.3 is 15.5 Å². The van der Waals surface area contributed by atoms with Crippen LogP contribution in [0.2, 0.25) is 0 Å². The van der Waals surface area contributed by atoms with E-state index in [9.17, 15) is 9.90 Å². The zero-order valence-electron chi connectivity index (χ0n) is 10.7. The lowest BCUT2D eigenvalue weighted by molar-refractivity contribution is 0.105. The number of hydrogen-bond acceptors (Lipinski definition) is 4. The molecule has 0 saturated heterocycles. The smallest absolute Gasteiger partial charge is 0.328 e. The molecule has 1 aromatic carbocycles. The predicted molar refractivity (Wildman–Crippen MR) is 77.4 cm³/mol. The van der Waals surface area contributed by atoms with E-state index in [-0.39, 0.29) is 18.8 Å². The minimum atomic E-state index is -0.817. The van der Waals surface area contributed by atoms with Gasteiger partial charge in [-0.05, 0) is 28.1 Å². The minimum Gasteiger partial charge on any atom is -0.394 e. The SMILES string of the molecule is Cn1c(=O)n(C)c2cc(NCC(O)CO)c(Br)cc21. The summed E-state index contributed by atoms with van der Waals surface area (Å²) >= 11 is 3.43. The number of nitrogens with zero attached hydrogens (tertiary/aromatic N) is 2. The maximum Gasteiger partial charge on any atom is 0.328 e. The van der Waals surface area contributed by atoms with Gasteiger partial charge in [-0.1, -0.05) is 0 Å². The van der Waals surface area contributed by atoms with Gasteiger partial charge in [0, 0.05) is 25.1 Å². The molecule has 1 heterocycles. The maximum atomic E-state index is 11.8. The lowest BCUT2D eigenvalue weighted by Gasteiger charge is -2.12. The van der Waals surface area contributed by atoms with Crippen LogP contribution in [-0.2, 0) is 14.1 Å². The minimum absolute atomic E-state index is 0.0885. The first-order valence-electron chi connectivity index (χ1n) is 5.83. The van der Waals surface area contributed by atoms with E-state index in [4.69, 9.17) is 5.11 Å². The fourth-order valence-corrected chi connectivity index (χ4v) is 2.42. The molecule has 2 rings (SSSR count). The van der Waals surface area contributed by atoms with Gasteiger partial charge in [0.25, 0.3) is 0 Å². The van der Waals surface area contributed by atoms with Crippen molar-refractivity contribution in [3.63, 3.8) is 0 Å². The summed E-state index contributed by atoms with van der Waals surface area (Å²) in [6.07, 6.45) is -0.817. The summed E-state index contributed by atoms with van der Waals surface area (Å²) in [5, 5.41) is 21.2. The topological polar surface area (TPSA) is 79.4 Å². The largest absolute Gasteiger partial charge is 0.394 e. The average molecular weight is 330 g/mol. The van der Waals surface area contributed by atoms with Crippen molar-refractivity contribution >= 4 is 32.7 Å². The van der Waals surface area contributed by atoms with Gasteiger partial charge in [0.05, 0.1) is 29.4 Å². The molecular formula is C12H16BrN3O3. The van der Waals surface area contributed by atoms with Gasteiger partial charge in [-0.3, -0.25) is 9.13 Å². The number of benzene rings is 1. The van der Waals surface area contributed by atoms with Crippen LogP contribution in [0.15, 0.2) is 21.4 Å². The molecule has 1 unspecified atom stereocenters. The Hall–Kier alpha value is -1.31. The summed E-state index contributed by atoms with van der Waals surface area (Å²) < 4.78 is 3.94. The first-order chi connectivity index (χ1) is 8.95. The molecule has 3 N–H and O–H groups in total. The molecule has 2 aromatic rings. The van der Waals surface area contributed by atoms with Gasteiger partial charge in [-0.25, -0.2) is 4.79 Å². The normalized spacial score (nSPS) is 12.9. The number of aromatic nitrogens is 2. The third-order valence-corrected chi connectivity index (χ3v) is 3.76. The summed E-state index contributed by atoms with van der Waals surface area (Å²) in [7, 11) is 3.44. The van der Waals surface area contributed by atoms with E-state index in [0.29, 0.717) is 0 Å². The monoisotopic (exact) mass is 329 g/mol. The van der Waals surface area contributed by atoms with Crippen molar-refractivity contribution in [1.82, 2.24) is 9.13 Å². The number of fused-ring (bicyclic) bond motifs is 1. The standard InChI is InChI=1S/C12H16BrN3O3/c1-15-10-3-8(13)9(14-5-7(18)6-17)4-11(10)16(2)12(15)19/h3-4,7,14,17-18H,5-6H2,1-2H3. The molecule has 7 heteroatoms. The highest BCUT2D eigenvalue weighted by atomic mass is 79.9. The Labute approximate surface area is 118 Å². The van der Waals surface area contributed by atoms with Crippen LogP contribution in [0, 0.1) is 0 Å². The number of nitrogens with one attached hydrogen (secondary N) is 1. The fourth-order valence-electron chi connectivity index (χ4n) is 1.95. The highest BCUT2D eigenvalue weighted by molar-refractivity contribution is 9.10. The quantitative estimate of drug-likeness (QED) is 0.758. The van der Waals surface area contributed by atoms with Gasteiger partial charge in [-0.2, -0.15) is 0 Å². The number of anilines is 1. The molecule has 0 aliphatic rings. The number of imidazole rings is 1. The molecule has 0 fully saturated rings. The summed E-state index contributed by atoms with van der Waals surface area (Å²) in [5.41, 5.74) is 2.31. The molecule has 0 bridgehead atoms. The second-order valence-electron chi connectivity index (χ2n) is 4.44. The molecule has 1 atom stereocenters. The highest BCUT2D eigenvalue weighted by Gasteiger charge is 2.12. The lowest BCUT2D eigenvalue weighted by Crippen LogP contribution is -2.23. The molecule has 0 radical (unpaired) electrons. The van der Waals surface area contributed by atoms with E-state index < -0.39 is 6.10 Å². The Morgan fingerprint density at radius 1 is 1.32 bits per heavy atom. The predicted octanol–water partition coefficient (Wildman–Crippen LogP) is 0.405. The maximum absolute atomic E-state index is 11.8. The molecule has 0 aliphatic carbocycles. The summed E-state index contributed by atoms with van der Waals surface area (Å²) in [6.45, 7) is -0.0575. The molecule has 6 nitrogen and oxygen atoms in total. The number of aryl methyl sites for hydroxylation is 2. The Morgan fingerprint density at radius 2 is 1.89 bits per heavy atom. The summed E-state index contributed by atoms with van der Waals surface area (Å²) in [4.78, 5) is 11.8. The van der Waals surface area contributed by atoms with Crippen molar-refractivity contribution in [1.29, 1.82) is 0 Å². The van der Waals surface area contributed by atoms with Crippen LogP contribution in [0.5, 0.6) is 0 Å². The zero-order valence-corrected chi connectivity index (χ0v) is 12.3. The third-order valence-electron chi connectivity index (χ3n) is 3.10. The van der Waals surface area contributed by atoms with Crippen LogP contribution in [0.3, 0.4) is 0 Å². The van der Waals surface area contributed by atoms with Crippen LogP contribution in [0.25, 0.3) is 11.0 Å². The van der Waals surface area contributed by atoms with Gasteiger partial charge in [-0.15, -0.1) is 0 Å². The fraction of sp³-hybridized carbons (Fsp3) is 0.417. The van der Waals surface area contributed by atoms with Crippen LogP contribution in [0.1, 0.15) is 0 Å². The summed E-state index contributed by atoms with van der Waals surface area (Å²) in [6, 6.07) is 3.69. The molecular weight excluding hydrogens is 314 g/mol. The van der Waals surface area contributed by atoms with Crippen molar-refractivity contribution in [3.8, 4) is 0 Å². The van der Waals surface area contributed by atoms with Crippen LogP contribution in [-0.4, -0.2) is 38.6 Å². The number of hydrogen-bond donors (Lipinski definition) is 3. The Bertz CT molecular complexity index is 662. The van der Waals surface area contributed by atoms with Gasteiger partial charge in [0.15, 0.2) is 0 Å². The van der Waals surface area contributed by atoms with E-state index in [1.807, 2.05) is 12.1 Å². The van der Waals surface area contributed by atoms with E-state index in [1.165, 1.54) is 0 Å². The van der Waals surface area contributed by atoms with Crippen LogP contribution in [0.4, 0.5) is 5.69 Å². The van der Waals surface area contributed by atoms with Crippen molar-refractivity contribution in [2.24, 2.45) is 14.1 Å². The first kappa shape index (κ1) is 14.1. The zero-order chi connectivity index (χ0) is 14.2. The molecule has 19 heavy (non-hydrogen) atoms. The van der Waals surface area contributed by atoms with E-state index in [0.717, 1.165) is 21.2 Å². The van der Waals surface area contributed by atoms with Gasteiger partial charge in [0.1, 0.15) is 0 Å². The van der Waals surface area contributed by atoms with Gasteiger partial charge >= 0.3 is 5.69 Å². The van der Waals surface area contributed by atoms with E-state index in [1.54, 1.807) is 23.2 Å². The second kappa shape index (κ2) is 5.36. The first-order valence-corrected chi connectivity index (χ1v) is 6.62. The number of aliphatic hydroxyl groups excluding tert-OH is 2. The Balaban J connectivity index is 2.44. The Kier molecular flexibility index (Phi) is 3.98. The second-order valence-corrected chi connectivity index (χ2v) is 5.29. The van der Waals surface area contributed by atoms with Crippen molar-refractivity contribution in [3.05, 3.63) is 27.1 Å². The summed E-state index contributed by atoms with van der Waals surface area (Å²) in [5.74, 6) is 0. The molecule has 0 aliphatic heterocycles. The van der Waals surface area contributed by atoms with Crippen LogP contribution < -0.4 is 11.0 Å². The molecule has 104 valence electrons. The van der Waals surface area contributed by atoms with Crippen molar-refractivity contribution < 1.29 is 10.2 Å². The third kappa shape index (κ3) is 2.54. The van der Waals surface area contributed by atoms with E-state index >= 15 is 0 Å². The molecule has 0 saturated carbocycles.